The molecule has 15 heavy (non-hydrogen) atoms. The van der Waals surface area contributed by atoms with Crippen molar-refractivity contribution >= 4 is 0 Å². The number of allylic oxidation sites excluding steroid dienone is 2. The molecule has 0 bridgehead atoms. The van der Waals surface area contributed by atoms with Crippen molar-refractivity contribution in [2.45, 2.75) is 12.5 Å². The van der Waals surface area contributed by atoms with Gasteiger partial charge in [-0.15, -0.1) is 0 Å². The molecule has 4 nitrogen and oxygen atoms in total. The molecule has 0 spiro atoms. The fourth-order valence-corrected chi connectivity index (χ4v) is 2.80. The first-order chi connectivity index (χ1) is 7.38. The molecule has 3 heterocycles. The maximum atomic E-state index is 3.52. The molecule has 82 valence electrons. The number of nitrogens with zero attached hydrogens (tertiary/aromatic N) is 2. The van der Waals surface area contributed by atoms with E-state index in [4.69, 9.17) is 0 Å². The van der Waals surface area contributed by atoms with Crippen LogP contribution < -0.4 is 10.9 Å². The molecule has 2 unspecified atom stereocenters. The van der Waals surface area contributed by atoms with Gasteiger partial charge in [0.25, 0.3) is 0 Å². The van der Waals surface area contributed by atoms with Crippen molar-refractivity contribution in [1.82, 2.24) is 20.9 Å². The Hall–Kier alpha value is -0.840. The number of rotatable bonds is 1. The van der Waals surface area contributed by atoms with E-state index in [9.17, 15) is 0 Å². The smallest absolute Gasteiger partial charge is 0.0668 e. The van der Waals surface area contributed by atoms with Gasteiger partial charge in [0, 0.05) is 32.4 Å². The molecule has 2 fully saturated rings. The van der Waals surface area contributed by atoms with Gasteiger partial charge in [-0.25, -0.2) is 10.9 Å². The minimum Gasteiger partial charge on any atom is -0.370 e. The Labute approximate surface area is 90.6 Å². The summed E-state index contributed by atoms with van der Waals surface area (Å²) in [6.45, 7) is 3.39. The molecular weight excluding hydrogens is 188 g/mol. The maximum absolute atomic E-state index is 3.52. The van der Waals surface area contributed by atoms with E-state index in [1.54, 1.807) is 0 Å². The van der Waals surface area contributed by atoms with Gasteiger partial charge in [-0.3, -0.25) is 0 Å². The van der Waals surface area contributed by atoms with Crippen molar-refractivity contribution in [3.63, 3.8) is 0 Å². The molecule has 0 aliphatic carbocycles. The molecule has 3 aliphatic heterocycles. The lowest BCUT2D eigenvalue weighted by Gasteiger charge is -2.39. The first kappa shape index (κ1) is 9.39. The Morgan fingerprint density at radius 2 is 2.47 bits per heavy atom. The molecule has 0 saturated carbocycles. The summed E-state index contributed by atoms with van der Waals surface area (Å²) >= 11 is 0. The minimum absolute atomic E-state index is 0.510. The van der Waals surface area contributed by atoms with Gasteiger partial charge in [-0.05, 0) is 18.4 Å². The van der Waals surface area contributed by atoms with Crippen LogP contribution in [-0.4, -0.2) is 42.7 Å². The summed E-state index contributed by atoms with van der Waals surface area (Å²) in [5.74, 6) is 0.756. The third-order valence-corrected chi connectivity index (χ3v) is 3.64. The quantitative estimate of drug-likeness (QED) is 0.636. The first-order valence-electron chi connectivity index (χ1n) is 5.71. The lowest BCUT2D eigenvalue weighted by molar-refractivity contribution is 0.171. The molecule has 0 aromatic heterocycles. The van der Waals surface area contributed by atoms with E-state index >= 15 is 0 Å². The fraction of sp³-hybridized carbons (Fsp3) is 0.636. The van der Waals surface area contributed by atoms with E-state index in [1.165, 1.54) is 18.7 Å². The van der Waals surface area contributed by atoms with Crippen LogP contribution >= 0.6 is 0 Å². The third kappa shape index (κ3) is 1.49. The molecular formula is C11H18N4. The lowest BCUT2D eigenvalue weighted by Crippen LogP contribution is -2.48. The number of fused-ring (bicyclic) bond motifs is 3. The second-order valence-electron chi connectivity index (χ2n) is 4.46. The average Bonchev–Trinajstić information content (AvgIpc) is 2.72. The lowest BCUT2D eigenvalue weighted by atomic mass is 9.89. The van der Waals surface area contributed by atoms with E-state index in [-0.39, 0.29) is 0 Å². The van der Waals surface area contributed by atoms with E-state index < -0.39 is 0 Å². The summed E-state index contributed by atoms with van der Waals surface area (Å²) < 4.78 is 0. The first-order valence-corrected chi connectivity index (χ1v) is 5.71. The standard InChI is InChI=1S/C11H18N4/c1-12-15-8-9-5-7-14-6-3-2-4-10(14)11(9)13-15/h2-4,9,11-13H,5-8H2,1H3. The minimum atomic E-state index is 0.510. The SMILES string of the molecule is CNN1CC2CCN3CC=CC=C3C2N1. The molecule has 0 amide bonds. The van der Waals surface area contributed by atoms with Crippen LogP contribution in [0.4, 0.5) is 0 Å². The topological polar surface area (TPSA) is 30.5 Å². The van der Waals surface area contributed by atoms with Gasteiger partial charge in [0.05, 0.1) is 6.04 Å². The number of hydrogen-bond acceptors (Lipinski definition) is 4. The van der Waals surface area contributed by atoms with Gasteiger partial charge < -0.3 is 4.90 Å². The summed E-state index contributed by atoms with van der Waals surface area (Å²) in [6.07, 6.45) is 7.96. The van der Waals surface area contributed by atoms with Crippen LogP contribution in [-0.2, 0) is 0 Å². The largest absolute Gasteiger partial charge is 0.370 e. The highest BCUT2D eigenvalue weighted by Gasteiger charge is 2.39. The zero-order valence-electron chi connectivity index (χ0n) is 9.11. The van der Waals surface area contributed by atoms with Crippen molar-refractivity contribution in [2.75, 3.05) is 26.7 Å². The predicted octanol–water partition coefficient (Wildman–Crippen LogP) is 0.0852. The second-order valence-corrected chi connectivity index (χ2v) is 4.46. The van der Waals surface area contributed by atoms with Crippen LogP contribution in [0.1, 0.15) is 6.42 Å². The zero-order chi connectivity index (χ0) is 10.3. The molecule has 0 aromatic carbocycles. The number of nitrogens with one attached hydrogen (secondary N) is 2. The van der Waals surface area contributed by atoms with Gasteiger partial charge >= 0.3 is 0 Å². The molecule has 2 atom stereocenters. The predicted molar refractivity (Wildman–Crippen MR) is 59.6 cm³/mol. The third-order valence-electron chi connectivity index (χ3n) is 3.64. The van der Waals surface area contributed by atoms with Crippen LogP contribution in [0, 0.1) is 5.92 Å². The molecule has 0 radical (unpaired) electrons. The number of hydrogen-bond donors (Lipinski definition) is 2. The summed E-state index contributed by atoms with van der Waals surface area (Å²) in [6, 6.07) is 0.510. The van der Waals surface area contributed by atoms with Crippen molar-refractivity contribution in [2.24, 2.45) is 5.92 Å². The Balaban J connectivity index is 1.83. The molecule has 4 heteroatoms. The summed E-state index contributed by atoms with van der Waals surface area (Å²) in [5, 5.41) is 2.11. The van der Waals surface area contributed by atoms with Crippen molar-refractivity contribution < 1.29 is 0 Å². The number of piperidine rings is 1. The van der Waals surface area contributed by atoms with Crippen LogP contribution in [0.5, 0.6) is 0 Å². The molecule has 3 rings (SSSR count). The van der Waals surface area contributed by atoms with Crippen molar-refractivity contribution in [3.8, 4) is 0 Å². The summed E-state index contributed by atoms with van der Waals surface area (Å²) in [7, 11) is 1.97. The molecule has 3 aliphatic rings. The van der Waals surface area contributed by atoms with Crippen LogP contribution in [0.15, 0.2) is 23.9 Å². The second kappa shape index (κ2) is 3.63. The van der Waals surface area contributed by atoms with Gasteiger partial charge in [0.2, 0.25) is 0 Å². The normalized spacial score (nSPS) is 35.0. The van der Waals surface area contributed by atoms with Crippen LogP contribution in [0.3, 0.4) is 0 Å². The zero-order valence-corrected chi connectivity index (χ0v) is 9.11. The summed E-state index contributed by atoms with van der Waals surface area (Å²) in [4.78, 5) is 2.48. The van der Waals surface area contributed by atoms with E-state index in [2.05, 4.69) is 39.1 Å². The Kier molecular flexibility index (Phi) is 2.27. The average molecular weight is 206 g/mol. The monoisotopic (exact) mass is 206 g/mol. The maximum Gasteiger partial charge on any atom is 0.0668 e. The highest BCUT2D eigenvalue weighted by molar-refractivity contribution is 5.25. The van der Waals surface area contributed by atoms with E-state index in [1.807, 2.05) is 7.05 Å². The van der Waals surface area contributed by atoms with Gasteiger partial charge in [0.1, 0.15) is 0 Å². The Morgan fingerprint density at radius 1 is 1.53 bits per heavy atom. The van der Waals surface area contributed by atoms with Crippen molar-refractivity contribution in [1.29, 1.82) is 0 Å². The summed E-state index contributed by atoms with van der Waals surface area (Å²) in [5.41, 5.74) is 8.16. The fourth-order valence-electron chi connectivity index (χ4n) is 2.80. The van der Waals surface area contributed by atoms with E-state index in [0.717, 1.165) is 19.0 Å². The van der Waals surface area contributed by atoms with Crippen LogP contribution in [0.2, 0.25) is 0 Å². The molecule has 2 N–H and O–H groups in total. The van der Waals surface area contributed by atoms with E-state index in [0.29, 0.717) is 6.04 Å². The van der Waals surface area contributed by atoms with Crippen molar-refractivity contribution in [3.05, 3.63) is 23.9 Å². The molecule has 0 aromatic rings. The van der Waals surface area contributed by atoms with Gasteiger partial charge in [0.15, 0.2) is 0 Å². The van der Waals surface area contributed by atoms with Crippen LogP contribution in [0.25, 0.3) is 0 Å². The highest BCUT2D eigenvalue weighted by Crippen LogP contribution is 2.31. The van der Waals surface area contributed by atoms with Gasteiger partial charge in [-0.1, -0.05) is 12.2 Å². The molecule has 2 saturated heterocycles. The highest BCUT2D eigenvalue weighted by atomic mass is 15.7. The van der Waals surface area contributed by atoms with Gasteiger partial charge in [-0.2, -0.15) is 5.12 Å². The Morgan fingerprint density at radius 3 is 3.33 bits per heavy atom. The number of hydrazine groups is 2. The Bertz CT molecular complexity index is 310.